The molecule has 118 valence electrons. The second-order valence-electron chi connectivity index (χ2n) is 7.18. The highest BCUT2D eigenvalue weighted by Gasteiger charge is 2.29. The zero-order chi connectivity index (χ0) is 15.0. The topological polar surface area (TPSA) is 32.3 Å². The van der Waals surface area contributed by atoms with Crippen molar-refractivity contribution >= 4 is 5.91 Å². The van der Waals surface area contributed by atoms with Gasteiger partial charge in [0.05, 0.1) is 0 Å². The van der Waals surface area contributed by atoms with Gasteiger partial charge >= 0.3 is 0 Å². The van der Waals surface area contributed by atoms with Crippen LogP contribution in [0.25, 0.3) is 0 Å². The lowest BCUT2D eigenvalue weighted by Crippen LogP contribution is -2.48. The summed E-state index contributed by atoms with van der Waals surface area (Å²) >= 11 is 0. The molecule has 0 aromatic rings. The second-order valence-corrected chi connectivity index (χ2v) is 7.18. The Morgan fingerprint density at radius 3 is 2.25 bits per heavy atom. The molecule has 3 heteroatoms. The highest BCUT2D eigenvalue weighted by atomic mass is 16.2. The van der Waals surface area contributed by atoms with Gasteiger partial charge in [-0.3, -0.25) is 4.79 Å². The van der Waals surface area contributed by atoms with Crippen molar-refractivity contribution in [2.45, 2.75) is 78.7 Å². The van der Waals surface area contributed by atoms with E-state index in [2.05, 4.69) is 12.2 Å². The lowest BCUT2D eigenvalue weighted by atomic mass is 9.93. The number of nitrogens with one attached hydrogen (secondary N) is 1. The van der Waals surface area contributed by atoms with Crippen molar-refractivity contribution in [3.63, 3.8) is 0 Å². The van der Waals surface area contributed by atoms with Crippen molar-refractivity contribution in [2.75, 3.05) is 19.6 Å². The molecule has 1 fully saturated rings. The average molecular weight is 282 g/mol. The maximum Gasteiger partial charge on any atom is 0.227 e. The maximum atomic E-state index is 12.2. The van der Waals surface area contributed by atoms with Crippen molar-refractivity contribution in [1.29, 1.82) is 0 Å². The molecule has 0 unspecified atom stereocenters. The molecule has 1 heterocycles. The van der Waals surface area contributed by atoms with E-state index >= 15 is 0 Å². The first-order valence-electron chi connectivity index (χ1n) is 8.48. The van der Waals surface area contributed by atoms with Gasteiger partial charge in [0.15, 0.2) is 0 Å². The van der Waals surface area contributed by atoms with E-state index in [4.69, 9.17) is 0 Å². The van der Waals surface area contributed by atoms with Crippen LogP contribution < -0.4 is 5.32 Å². The minimum atomic E-state index is -0.237. The van der Waals surface area contributed by atoms with Crippen LogP contribution in [-0.4, -0.2) is 36.5 Å². The Hall–Kier alpha value is -0.570. The van der Waals surface area contributed by atoms with Crippen LogP contribution in [0.3, 0.4) is 0 Å². The summed E-state index contributed by atoms with van der Waals surface area (Å²) in [6.45, 7) is 11.3. The molecule has 1 N–H and O–H groups in total. The van der Waals surface area contributed by atoms with Gasteiger partial charge in [0.2, 0.25) is 5.91 Å². The summed E-state index contributed by atoms with van der Waals surface area (Å²) in [6.07, 6.45) is 8.91. The predicted molar refractivity (Wildman–Crippen MR) is 85.8 cm³/mol. The van der Waals surface area contributed by atoms with Gasteiger partial charge in [-0.2, -0.15) is 0 Å². The van der Waals surface area contributed by atoms with E-state index in [1.807, 2.05) is 25.7 Å². The minimum Gasteiger partial charge on any atom is -0.342 e. The molecule has 1 aliphatic heterocycles. The van der Waals surface area contributed by atoms with Gasteiger partial charge < -0.3 is 10.2 Å². The van der Waals surface area contributed by atoms with Crippen molar-refractivity contribution in [2.24, 2.45) is 5.41 Å². The molecule has 0 bridgehead atoms. The molecule has 1 saturated heterocycles. The zero-order valence-corrected chi connectivity index (χ0v) is 14.0. The van der Waals surface area contributed by atoms with Crippen molar-refractivity contribution in [3.8, 4) is 0 Å². The summed E-state index contributed by atoms with van der Waals surface area (Å²) in [5, 5.41) is 3.66. The Balaban J connectivity index is 2.12. The van der Waals surface area contributed by atoms with E-state index in [9.17, 15) is 4.79 Å². The maximum absolute atomic E-state index is 12.2. The first kappa shape index (κ1) is 17.5. The van der Waals surface area contributed by atoms with Gasteiger partial charge in [0.25, 0.3) is 0 Å². The van der Waals surface area contributed by atoms with Crippen LogP contribution in [-0.2, 0) is 4.79 Å². The quantitative estimate of drug-likeness (QED) is 0.724. The third kappa shape index (κ3) is 6.25. The molecule has 1 amide bonds. The van der Waals surface area contributed by atoms with Crippen LogP contribution in [0.15, 0.2) is 0 Å². The average Bonchev–Trinajstić information content (AvgIpc) is 2.41. The number of carbonyl (C=O) groups excluding carboxylic acids is 1. The lowest BCUT2D eigenvalue weighted by molar-refractivity contribution is -0.140. The molecule has 0 saturated carbocycles. The molecule has 1 aliphatic rings. The molecule has 0 aromatic carbocycles. The number of amides is 1. The Kier molecular flexibility index (Phi) is 7.57. The molecule has 0 aliphatic carbocycles. The summed E-state index contributed by atoms with van der Waals surface area (Å²) in [5.74, 6) is 0.301. The number of hydrogen-bond acceptors (Lipinski definition) is 2. The Labute approximate surface area is 125 Å². The van der Waals surface area contributed by atoms with E-state index < -0.39 is 0 Å². The number of hydrogen-bond donors (Lipinski definition) is 1. The van der Waals surface area contributed by atoms with E-state index in [0.29, 0.717) is 11.9 Å². The number of likely N-dealkylation sites (tertiary alicyclic amines) is 1. The number of piperidine rings is 1. The number of rotatable bonds is 7. The van der Waals surface area contributed by atoms with E-state index in [-0.39, 0.29) is 5.41 Å². The fourth-order valence-electron chi connectivity index (χ4n) is 2.80. The van der Waals surface area contributed by atoms with Crippen LogP contribution in [0.5, 0.6) is 0 Å². The van der Waals surface area contributed by atoms with Gasteiger partial charge in [0, 0.05) is 24.5 Å². The third-order valence-electron chi connectivity index (χ3n) is 4.14. The molecule has 0 spiro atoms. The summed E-state index contributed by atoms with van der Waals surface area (Å²) in [7, 11) is 0. The molecule has 0 aromatic heterocycles. The monoisotopic (exact) mass is 282 g/mol. The normalized spacial score (nSPS) is 17.5. The van der Waals surface area contributed by atoms with E-state index in [1.165, 1.54) is 32.1 Å². The molecule has 1 rings (SSSR count). The highest BCUT2D eigenvalue weighted by molar-refractivity contribution is 5.81. The van der Waals surface area contributed by atoms with Gasteiger partial charge in [-0.25, -0.2) is 0 Å². The molecule has 0 atom stereocenters. The van der Waals surface area contributed by atoms with Crippen molar-refractivity contribution < 1.29 is 4.79 Å². The van der Waals surface area contributed by atoms with E-state index in [0.717, 1.165) is 32.5 Å². The largest absolute Gasteiger partial charge is 0.342 e. The smallest absolute Gasteiger partial charge is 0.227 e. The molecule has 20 heavy (non-hydrogen) atoms. The SMILES string of the molecule is CCCCCCCNC1CCN(C(=O)C(C)(C)C)CC1. The molecular formula is C17H34N2O. The van der Waals surface area contributed by atoms with E-state index in [1.54, 1.807) is 0 Å². The predicted octanol–water partition coefficient (Wildman–Crippen LogP) is 3.58. The summed E-state index contributed by atoms with van der Waals surface area (Å²) < 4.78 is 0. The molecular weight excluding hydrogens is 248 g/mol. The third-order valence-corrected chi connectivity index (χ3v) is 4.14. The van der Waals surface area contributed by atoms with Gasteiger partial charge in [-0.15, -0.1) is 0 Å². The van der Waals surface area contributed by atoms with Gasteiger partial charge in [0.1, 0.15) is 0 Å². The molecule has 3 nitrogen and oxygen atoms in total. The summed E-state index contributed by atoms with van der Waals surface area (Å²) in [5.41, 5.74) is -0.237. The highest BCUT2D eigenvalue weighted by Crippen LogP contribution is 2.21. The Bertz CT molecular complexity index is 275. The van der Waals surface area contributed by atoms with Crippen molar-refractivity contribution in [1.82, 2.24) is 10.2 Å². The van der Waals surface area contributed by atoms with Crippen LogP contribution in [0, 0.1) is 5.41 Å². The first-order valence-corrected chi connectivity index (χ1v) is 8.48. The lowest BCUT2D eigenvalue weighted by Gasteiger charge is -2.36. The zero-order valence-electron chi connectivity index (χ0n) is 14.0. The minimum absolute atomic E-state index is 0.237. The van der Waals surface area contributed by atoms with Crippen LogP contribution in [0.4, 0.5) is 0 Å². The van der Waals surface area contributed by atoms with Crippen LogP contribution in [0.1, 0.15) is 72.6 Å². The van der Waals surface area contributed by atoms with Crippen LogP contribution in [0.2, 0.25) is 0 Å². The number of unbranched alkanes of at least 4 members (excludes halogenated alkanes) is 4. The van der Waals surface area contributed by atoms with Gasteiger partial charge in [-0.1, -0.05) is 53.4 Å². The number of nitrogens with zero attached hydrogens (tertiary/aromatic N) is 1. The second kappa shape index (κ2) is 8.66. The number of carbonyl (C=O) groups is 1. The van der Waals surface area contributed by atoms with Crippen LogP contribution >= 0.6 is 0 Å². The van der Waals surface area contributed by atoms with Crippen molar-refractivity contribution in [3.05, 3.63) is 0 Å². The summed E-state index contributed by atoms with van der Waals surface area (Å²) in [4.78, 5) is 14.2. The first-order chi connectivity index (χ1) is 9.45. The fraction of sp³-hybridized carbons (Fsp3) is 0.941. The van der Waals surface area contributed by atoms with Gasteiger partial charge in [-0.05, 0) is 25.8 Å². The standard InChI is InChI=1S/C17H34N2O/c1-5-6-7-8-9-12-18-15-10-13-19(14-11-15)16(20)17(2,3)4/h15,18H,5-14H2,1-4H3. The summed E-state index contributed by atoms with van der Waals surface area (Å²) in [6, 6.07) is 0.616. The Morgan fingerprint density at radius 1 is 1.10 bits per heavy atom. The molecule has 0 radical (unpaired) electrons. The Morgan fingerprint density at radius 2 is 1.70 bits per heavy atom. The fourth-order valence-corrected chi connectivity index (χ4v) is 2.80.